The van der Waals surface area contributed by atoms with E-state index < -0.39 is 0 Å². The molecule has 0 radical (unpaired) electrons. The van der Waals surface area contributed by atoms with Crippen molar-refractivity contribution in [3.8, 4) is 0 Å². The van der Waals surface area contributed by atoms with E-state index in [4.69, 9.17) is 0 Å². The molecule has 0 bridgehead atoms. The molecular formula is C15H22N2O2. The van der Waals surface area contributed by atoms with Crippen LogP contribution in [0.3, 0.4) is 0 Å². The molecule has 0 aliphatic carbocycles. The van der Waals surface area contributed by atoms with E-state index >= 15 is 0 Å². The van der Waals surface area contributed by atoms with Crippen LogP contribution in [0.1, 0.15) is 49.9 Å². The zero-order chi connectivity index (χ0) is 14.1. The van der Waals surface area contributed by atoms with Crippen molar-refractivity contribution >= 4 is 17.5 Å². The number of hydrogen-bond acceptors (Lipinski definition) is 2. The highest BCUT2D eigenvalue weighted by Crippen LogP contribution is 2.10. The molecule has 0 aromatic heterocycles. The molecule has 4 heteroatoms. The first-order valence-corrected chi connectivity index (χ1v) is 6.85. The van der Waals surface area contributed by atoms with Crippen LogP contribution >= 0.6 is 0 Å². The number of amides is 2. The number of carbonyl (C=O) groups is 2. The molecule has 1 aromatic carbocycles. The Bertz CT molecular complexity index is 413. The molecule has 0 spiro atoms. The predicted molar refractivity (Wildman–Crippen MR) is 77.2 cm³/mol. The van der Waals surface area contributed by atoms with Gasteiger partial charge in [-0.15, -0.1) is 0 Å². The summed E-state index contributed by atoms with van der Waals surface area (Å²) in [5.74, 6) is -0.0671. The highest BCUT2D eigenvalue weighted by atomic mass is 16.2. The van der Waals surface area contributed by atoms with E-state index in [2.05, 4.69) is 17.6 Å². The molecule has 104 valence electrons. The zero-order valence-electron chi connectivity index (χ0n) is 11.7. The molecule has 0 atom stereocenters. The van der Waals surface area contributed by atoms with Crippen LogP contribution < -0.4 is 10.6 Å². The maximum Gasteiger partial charge on any atom is 0.251 e. The second-order valence-corrected chi connectivity index (χ2v) is 4.48. The van der Waals surface area contributed by atoms with Gasteiger partial charge < -0.3 is 10.6 Å². The normalized spacial score (nSPS) is 10.0. The maximum atomic E-state index is 11.8. The number of anilines is 1. The second kappa shape index (κ2) is 8.29. The molecule has 0 heterocycles. The molecule has 19 heavy (non-hydrogen) atoms. The van der Waals surface area contributed by atoms with Crippen molar-refractivity contribution < 1.29 is 9.59 Å². The van der Waals surface area contributed by atoms with Crippen LogP contribution in [-0.4, -0.2) is 18.4 Å². The predicted octanol–water partition coefficient (Wildman–Crippen LogP) is 2.96. The number of benzene rings is 1. The molecule has 1 rings (SSSR count). The first-order valence-electron chi connectivity index (χ1n) is 6.85. The Balaban J connectivity index is 2.51. The van der Waals surface area contributed by atoms with E-state index in [-0.39, 0.29) is 11.8 Å². The van der Waals surface area contributed by atoms with Crippen molar-refractivity contribution in [1.29, 1.82) is 0 Å². The van der Waals surface area contributed by atoms with E-state index in [1.165, 1.54) is 0 Å². The topological polar surface area (TPSA) is 58.2 Å². The van der Waals surface area contributed by atoms with Gasteiger partial charge in [0.05, 0.1) is 0 Å². The van der Waals surface area contributed by atoms with Crippen LogP contribution in [0.5, 0.6) is 0 Å². The highest BCUT2D eigenvalue weighted by molar-refractivity contribution is 5.95. The molecule has 0 fully saturated rings. The standard InChI is InChI=1S/C15H22N2O2/c1-3-5-11-16-15(19)12-7-9-13(10-8-12)17-14(18)6-4-2/h7-10H,3-6,11H2,1-2H3,(H,16,19)(H,17,18). The van der Waals surface area contributed by atoms with Gasteiger partial charge in [-0.05, 0) is 37.1 Å². The quantitative estimate of drug-likeness (QED) is 0.742. The van der Waals surface area contributed by atoms with E-state index in [1.54, 1.807) is 24.3 Å². The van der Waals surface area contributed by atoms with Crippen molar-refractivity contribution in [2.24, 2.45) is 0 Å². The van der Waals surface area contributed by atoms with Crippen molar-refractivity contribution in [2.75, 3.05) is 11.9 Å². The number of rotatable bonds is 7. The van der Waals surface area contributed by atoms with Crippen molar-refractivity contribution in [3.05, 3.63) is 29.8 Å². The minimum atomic E-state index is -0.0696. The molecule has 1 aromatic rings. The summed E-state index contributed by atoms with van der Waals surface area (Å²) in [6, 6.07) is 6.95. The fraction of sp³-hybridized carbons (Fsp3) is 0.467. The Kier molecular flexibility index (Phi) is 6.64. The molecule has 0 saturated carbocycles. The van der Waals surface area contributed by atoms with Gasteiger partial charge in [-0.2, -0.15) is 0 Å². The summed E-state index contributed by atoms with van der Waals surface area (Å²) >= 11 is 0. The number of nitrogens with one attached hydrogen (secondary N) is 2. The Hall–Kier alpha value is -1.84. The molecule has 0 unspecified atom stereocenters. The third kappa shape index (κ3) is 5.55. The summed E-state index contributed by atoms with van der Waals surface area (Å²) in [5, 5.41) is 5.64. The Morgan fingerprint density at radius 2 is 1.74 bits per heavy atom. The number of hydrogen-bond donors (Lipinski definition) is 2. The average molecular weight is 262 g/mol. The molecule has 0 aliphatic heterocycles. The van der Waals surface area contributed by atoms with E-state index in [0.717, 1.165) is 24.9 Å². The van der Waals surface area contributed by atoms with E-state index in [0.29, 0.717) is 18.5 Å². The highest BCUT2D eigenvalue weighted by Gasteiger charge is 2.05. The number of unbranched alkanes of at least 4 members (excludes halogenated alkanes) is 1. The van der Waals surface area contributed by atoms with Gasteiger partial charge in [0.15, 0.2) is 0 Å². The fourth-order valence-electron chi connectivity index (χ4n) is 1.64. The van der Waals surface area contributed by atoms with E-state index in [9.17, 15) is 9.59 Å². The molecule has 0 aliphatic rings. The lowest BCUT2D eigenvalue weighted by Crippen LogP contribution is -2.24. The van der Waals surface area contributed by atoms with Gasteiger partial charge in [-0.25, -0.2) is 0 Å². The molecule has 0 saturated heterocycles. The molecule has 2 N–H and O–H groups in total. The maximum absolute atomic E-state index is 11.8. The monoisotopic (exact) mass is 262 g/mol. The first-order chi connectivity index (χ1) is 9.17. The van der Waals surface area contributed by atoms with Crippen molar-refractivity contribution in [3.63, 3.8) is 0 Å². The molecule has 4 nitrogen and oxygen atoms in total. The van der Waals surface area contributed by atoms with Gasteiger partial charge in [-0.3, -0.25) is 9.59 Å². The van der Waals surface area contributed by atoms with Gasteiger partial charge in [-0.1, -0.05) is 20.3 Å². The Labute approximate surface area is 114 Å². The third-order valence-electron chi connectivity index (χ3n) is 2.72. The van der Waals surface area contributed by atoms with Gasteiger partial charge in [0, 0.05) is 24.2 Å². The Morgan fingerprint density at radius 3 is 2.32 bits per heavy atom. The summed E-state index contributed by atoms with van der Waals surface area (Å²) in [4.78, 5) is 23.2. The van der Waals surface area contributed by atoms with Crippen LogP contribution in [0.15, 0.2) is 24.3 Å². The van der Waals surface area contributed by atoms with Crippen LogP contribution in [0.2, 0.25) is 0 Å². The van der Waals surface area contributed by atoms with Gasteiger partial charge in [0.2, 0.25) is 5.91 Å². The summed E-state index contributed by atoms with van der Waals surface area (Å²) in [6.45, 7) is 4.74. The summed E-state index contributed by atoms with van der Waals surface area (Å²) in [6.07, 6.45) is 3.38. The lowest BCUT2D eigenvalue weighted by molar-refractivity contribution is -0.116. The van der Waals surface area contributed by atoms with Gasteiger partial charge in [0.1, 0.15) is 0 Å². The Morgan fingerprint density at radius 1 is 1.05 bits per heavy atom. The SMILES string of the molecule is CCCCNC(=O)c1ccc(NC(=O)CCC)cc1. The van der Waals surface area contributed by atoms with Crippen molar-refractivity contribution in [2.45, 2.75) is 39.5 Å². The van der Waals surface area contributed by atoms with Crippen molar-refractivity contribution in [1.82, 2.24) is 5.32 Å². The minimum Gasteiger partial charge on any atom is -0.352 e. The van der Waals surface area contributed by atoms with Crippen LogP contribution in [-0.2, 0) is 4.79 Å². The fourth-order valence-corrected chi connectivity index (χ4v) is 1.64. The number of carbonyl (C=O) groups excluding carboxylic acids is 2. The minimum absolute atomic E-state index is 0.00245. The van der Waals surface area contributed by atoms with E-state index in [1.807, 2.05) is 6.92 Å². The van der Waals surface area contributed by atoms with Crippen LogP contribution in [0.25, 0.3) is 0 Å². The second-order valence-electron chi connectivity index (χ2n) is 4.48. The van der Waals surface area contributed by atoms with Gasteiger partial charge >= 0.3 is 0 Å². The lowest BCUT2D eigenvalue weighted by Gasteiger charge is -2.07. The summed E-state index contributed by atoms with van der Waals surface area (Å²) in [5.41, 5.74) is 1.34. The molecule has 2 amide bonds. The molecular weight excluding hydrogens is 240 g/mol. The average Bonchev–Trinajstić information content (AvgIpc) is 2.40. The lowest BCUT2D eigenvalue weighted by atomic mass is 10.2. The zero-order valence-corrected chi connectivity index (χ0v) is 11.7. The largest absolute Gasteiger partial charge is 0.352 e. The van der Waals surface area contributed by atoms with Crippen LogP contribution in [0.4, 0.5) is 5.69 Å². The summed E-state index contributed by atoms with van der Waals surface area (Å²) < 4.78 is 0. The summed E-state index contributed by atoms with van der Waals surface area (Å²) in [7, 11) is 0. The third-order valence-corrected chi connectivity index (χ3v) is 2.72. The first kappa shape index (κ1) is 15.2. The van der Waals surface area contributed by atoms with Gasteiger partial charge in [0.25, 0.3) is 5.91 Å². The van der Waals surface area contributed by atoms with Crippen LogP contribution in [0, 0.1) is 0 Å². The smallest absolute Gasteiger partial charge is 0.251 e.